The van der Waals surface area contributed by atoms with Crippen molar-refractivity contribution in [3.63, 3.8) is 0 Å². The molecular weight excluding hydrogens is 252 g/mol. The molecule has 0 amide bonds. The second-order valence-corrected chi connectivity index (χ2v) is 5.25. The molecule has 106 valence electrons. The van der Waals surface area contributed by atoms with Crippen LogP contribution in [0.5, 0.6) is 5.75 Å². The zero-order chi connectivity index (χ0) is 14.6. The van der Waals surface area contributed by atoms with E-state index in [1.54, 1.807) is 13.3 Å². The first-order chi connectivity index (χ1) is 9.50. The van der Waals surface area contributed by atoms with Crippen molar-refractivity contribution in [2.24, 2.45) is 0 Å². The molecule has 0 aliphatic rings. The number of aliphatic hydroxyl groups is 1. The molecule has 0 radical (unpaired) electrons. The first-order valence-corrected chi connectivity index (χ1v) is 6.55. The normalized spacial score (nSPS) is 13.8. The van der Waals surface area contributed by atoms with Gasteiger partial charge in [-0.05, 0) is 36.2 Å². The van der Waals surface area contributed by atoms with E-state index in [2.05, 4.69) is 4.98 Å². The molecule has 0 saturated heterocycles. The minimum atomic E-state index is -0.869. The van der Waals surface area contributed by atoms with Crippen molar-refractivity contribution in [1.82, 2.24) is 4.98 Å². The monoisotopic (exact) mass is 272 g/mol. The van der Waals surface area contributed by atoms with Gasteiger partial charge in [0, 0.05) is 19.0 Å². The number of hydrogen-bond acceptors (Lipinski definition) is 4. The Morgan fingerprint density at radius 2 is 1.90 bits per heavy atom. The first kappa shape index (κ1) is 14.3. The lowest BCUT2D eigenvalue weighted by atomic mass is 9.90. The molecule has 2 rings (SSSR count). The summed E-state index contributed by atoms with van der Waals surface area (Å²) in [5, 5.41) is 10.6. The minimum absolute atomic E-state index is 0.471. The molecular formula is C16H20N2O2. The van der Waals surface area contributed by atoms with Crippen LogP contribution < -0.4 is 10.5 Å². The Morgan fingerprint density at radius 3 is 2.50 bits per heavy atom. The number of methoxy groups -OCH3 is 1. The molecule has 0 spiro atoms. The Kier molecular flexibility index (Phi) is 4.25. The number of nitrogens with two attached hydrogens (primary N) is 1. The van der Waals surface area contributed by atoms with E-state index < -0.39 is 5.60 Å². The Balaban J connectivity index is 2.08. The highest BCUT2D eigenvalue weighted by Gasteiger charge is 2.22. The fraction of sp³-hybridized carbons (Fsp3) is 0.312. The zero-order valence-electron chi connectivity index (χ0n) is 11.8. The maximum atomic E-state index is 10.6. The van der Waals surface area contributed by atoms with E-state index in [0.717, 1.165) is 16.9 Å². The molecule has 0 fully saturated rings. The van der Waals surface area contributed by atoms with Gasteiger partial charge in [-0.25, -0.2) is 4.98 Å². The largest absolute Gasteiger partial charge is 0.497 e. The van der Waals surface area contributed by atoms with Gasteiger partial charge in [0.15, 0.2) is 0 Å². The van der Waals surface area contributed by atoms with E-state index in [1.165, 1.54) is 0 Å². The van der Waals surface area contributed by atoms with Crippen LogP contribution in [0.4, 0.5) is 5.82 Å². The van der Waals surface area contributed by atoms with Crippen LogP contribution in [0, 0.1) is 0 Å². The molecule has 1 unspecified atom stereocenters. The summed E-state index contributed by atoms with van der Waals surface area (Å²) in [5.74, 6) is 1.28. The molecule has 0 aliphatic heterocycles. The lowest BCUT2D eigenvalue weighted by Crippen LogP contribution is -2.30. The molecule has 1 atom stereocenters. The third-order valence-corrected chi connectivity index (χ3v) is 3.24. The van der Waals surface area contributed by atoms with Crippen LogP contribution in [0.1, 0.15) is 18.1 Å². The predicted molar refractivity (Wildman–Crippen MR) is 79.7 cm³/mol. The van der Waals surface area contributed by atoms with Crippen molar-refractivity contribution < 1.29 is 9.84 Å². The Morgan fingerprint density at radius 1 is 1.20 bits per heavy atom. The van der Waals surface area contributed by atoms with E-state index in [4.69, 9.17) is 10.5 Å². The highest BCUT2D eigenvalue weighted by molar-refractivity contribution is 5.39. The molecule has 0 bridgehead atoms. The molecule has 4 nitrogen and oxygen atoms in total. The number of nitrogen functional groups attached to an aromatic ring is 1. The van der Waals surface area contributed by atoms with Gasteiger partial charge < -0.3 is 15.6 Å². The topological polar surface area (TPSA) is 68.4 Å². The SMILES string of the molecule is COc1ccc(CC(C)(O)Cc2cccnc2N)cc1. The van der Waals surface area contributed by atoms with Gasteiger partial charge in [-0.1, -0.05) is 18.2 Å². The average Bonchev–Trinajstić information content (AvgIpc) is 2.41. The lowest BCUT2D eigenvalue weighted by molar-refractivity contribution is 0.0609. The number of nitrogens with zero attached hydrogens (tertiary/aromatic N) is 1. The maximum Gasteiger partial charge on any atom is 0.126 e. The minimum Gasteiger partial charge on any atom is -0.497 e. The van der Waals surface area contributed by atoms with Gasteiger partial charge in [0.05, 0.1) is 12.7 Å². The number of benzene rings is 1. The van der Waals surface area contributed by atoms with Crippen LogP contribution in [0.2, 0.25) is 0 Å². The number of anilines is 1. The Bertz CT molecular complexity index is 565. The quantitative estimate of drug-likeness (QED) is 0.875. The van der Waals surface area contributed by atoms with Crippen molar-refractivity contribution in [1.29, 1.82) is 0 Å². The molecule has 1 aromatic carbocycles. The second kappa shape index (κ2) is 5.92. The average molecular weight is 272 g/mol. The smallest absolute Gasteiger partial charge is 0.126 e. The number of hydrogen-bond donors (Lipinski definition) is 2. The fourth-order valence-electron chi connectivity index (χ4n) is 2.26. The summed E-state index contributed by atoms with van der Waals surface area (Å²) in [5.41, 5.74) is 6.87. The van der Waals surface area contributed by atoms with E-state index in [1.807, 2.05) is 43.3 Å². The van der Waals surface area contributed by atoms with E-state index in [-0.39, 0.29) is 0 Å². The van der Waals surface area contributed by atoms with Crippen molar-refractivity contribution in [2.45, 2.75) is 25.4 Å². The third kappa shape index (κ3) is 3.71. The maximum absolute atomic E-state index is 10.6. The Hall–Kier alpha value is -2.07. The summed E-state index contributed by atoms with van der Waals surface area (Å²) in [6.07, 6.45) is 2.67. The molecule has 4 heteroatoms. The van der Waals surface area contributed by atoms with Crippen molar-refractivity contribution in [3.8, 4) is 5.75 Å². The highest BCUT2D eigenvalue weighted by atomic mass is 16.5. The van der Waals surface area contributed by atoms with Gasteiger partial charge in [-0.15, -0.1) is 0 Å². The molecule has 2 aromatic rings. The van der Waals surface area contributed by atoms with Crippen LogP contribution in [-0.4, -0.2) is 22.8 Å². The van der Waals surface area contributed by atoms with Crippen LogP contribution >= 0.6 is 0 Å². The second-order valence-electron chi connectivity index (χ2n) is 5.25. The first-order valence-electron chi connectivity index (χ1n) is 6.55. The summed E-state index contributed by atoms with van der Waals surface area (Å²) in [6, 6.07) is 11.4. The zero-order valence-corrected chi connectivity index (χ0v) is 11.8. The summed E-state index contributed by atoms with van der Waals surface area (Å²) in [4.78, 5) is 4.04. The Labute approximate surface area is 119 Å². The summed E-state index contributed by atoms with van der Waals surface area (Å²) in [6.45, 7) is 1.81. The van der Waals surface area contributed by atoms with E-state index >= 15 is 0 Å². The fourth-order valence-corrected chi connectivity index (χ4v) is 2.26. The van der Waals surface area contributed by atoms with Gasteiger partial charge >= 0.3 is 0 Å². The van der Waals surface area contributed by atoms with Gasteiger partial charge in [0.25, 0.3) is 0 Å². The van der Waals surface area contributed by atoms with Crippen LogP contribution in [-0.2, 0) is 12.8 Å². The standard InChI is InChI=1S/C16H20N2O2/c1-16(19,11-13-4-3-9-18-15(13)17)10-12-5-7-14(20-2)8-6-12/h3-9,19H,10-11H2,1-2H3,(H2,17,18). The molecule has 0 aliphatic carbocycles. The highest BCUT2D eigenvalue weighted by Crippen LogP contribution is 2.22. The van der Waals surface area contributed by atoms with Gasteiger partial charge in [0.1, 0.15) is 11.6 Å². The van der Waals surface area contributed by atoms with Crippen molar-refractivity contribution >= 4 is 5.82 Å². The number of pyridine rings is 1. The van der Waals surface area contributed by atoms with Crippen LogP contribution in [0.25, 0.3) is 0 Å². The number of aromatic nitrogens is 1. The number of ether oxygens (including phenoxy) is 1. The molecule has 0 saturated carbocycles. The lowest BCUT2D eigenvalue weighted by Gasteiger charge is -2.24. The van der Waals surface area contributed by atoms with Crippen LogP contribution in [0.3, 0.4) is 0 Å². The van der Waals surface area contributed by atoms with Gasteiger partial charge in [0.2, 0.25) is 0 Å². The molecule has 20 heavy (non-hydrogen) atoms. The van der Waals surface area contributed by atoms with Crippen molar-refractivity contribution in [3.05, 3.63) is 53.7 Å². The summed E-state index contributed by atoms with van der Waals surface area (Å²) in [7, 11) is 1.64. The molecule has 1 heterocycles. The third-order valence-electron chi connectivity index (χ3n) is 3.24. The van der Waals surface area contributed by atoms with E-state index in [9.17, 15) is 5.11 Å². The molecule has 1 aromatic heterocycles. The van der Waals surface area contributed by atoms with Gasteiger partial charge in [-0.3, -0.25) is 0 Å². The van der Waals surface area contributed by atoms with E-state index in [0.29, 0.717) is 18.7 Å². The predicted octanol–water partition coefficient (Wildman–Crippen LogP) is 2.21. The summed E-state index contributed by atoms with van der Waals surface area (Å²) >= 11 is 0. The summed E-state index contributed by atoms with van der Waals surface area (Å²) < 4.78 is 5.12. The van der Waals surface area contributed by atoms with Crippen LogP contribution in [0.15, 0.2) is 42.6 Å². The number of rotatable bonds is 5. The van der Waals surface area contributed by atoms with Gasteiger partial charge in [-0.2, -0.15) is 0 Å². The molecule has 3 N–H and O–H groups in total. The van der Waals surface area contributed by atoms with Crippen molar-refractivity contribution in [2.75, 3.05) is 12.8 Å².